The van der Waals surface area contributed by atoms with Crippen LogP contribution in [0.1, 0.15) is 5.56 Å². The van der Waals surface area contributed by atoms with Crippen LogP contribution in [0.5, 0.6) is 5.75 Å². The van der Waals surface area contributed by atoms with Crippen LogP contribution in [-0.2, 0) is 16.6 Å². The fraction of sp³-hybridized carbons (Fsp3) is 0.143. The topological polar surface area (TPSA) is 55.4 Å². The Morgan fingerprint density at radius 1 is 1.14 bits per heavy atom. The summed E-state index contributed by atoms with van der Waals surface area (Å²) in [6.45, 7) is 0.158. The first-order valence-electron chi connectivity index (χ1n) is 6.00. The molecule has 0 unspecified atom stereocenters. The normalized spacial score (nSPS) is 11.4. The van der Waals surface area contributed by atoms with Crippen molar-refractivity contribution < 1.29 is 13.2 Å². The van der Waals surface area contributed by atoms with Crippen molar-refractivity contribution in [2.75, 3.05) is 7.11 Å². The molecule has 2 aromatic rings. The van der Waals surface area contributed by atoms with Crippen LogP contribution in [0.2, 0.25) is 0 Å². The van der Waals surface area contributed by atoms with Crippen LogP contribution < -0.4 is 9.46 Å². The van der Waals surface area contributed by atoms with E-state index >= 15 is 0 Å². The summed E-state index contributed by atoms with van der Waals surface area (Å²) in [5.74, 6) is 0.647. The van der Waals surface area contributed by atoms with E-state index in [4.69, 9.17) is 4.74 Å². The monoisotopic (exact) mass is 433 g/mol. The van der Waals surface area contributed by atoms with Gasteiger partial charge in [0.25, 0.3) is 0 Å². The summed E-state index contributed by atoms with van der Waals surface area (Å²) < 4.78 is 33.7. The molecule has 0 radical (unpaired) electrons. The molecule has 0 amide bonds. The van der Waals surface area contributed by atoms with Crippen molar-refractivity contribution in [3.8, 4) is 5.75 Å². The highest BCUT2D eigenvalue weighted by atomic mass is 79.9. The molecule has 0 fully saturated rings. The third-order valence-electron chi connectivity index (χ3n) is 2.83. The van der Waals surface area contributed by atoms with Crippen LogP contribution in [-0.4, -0.2) is 15.5 Å². The maximum absolute atomic E-state index is 12.4. The quantitative estimate of drug-likeness (QED) is 0.780. The lowest BCUT2D eigenvalue weighted by atomic mass is 10.2. The molecule has 0 spiro atoms. The van der Waals surface area contributed by atoms with Crippen LogP contribution in [0.4, 0.5) is 0 Å². The number of nitrogens with one attached hydrogen (secondary N) is 1. The number of rotatable bonds is 5. The highest BCUT2D eigenvalue weighted by Crippen LogP contribution is 2.26. The first-order chi connectivity index (χ1) is 9.94. The second-order valence-corrected chi connectivity index (χ2v) is 7.72. The van der Waals surface area contributed by atoms with E-state index in [2.05, 4.69) is 36.6 Å². The Labute approximate surface area is 140 Å². The minimum absolute atomic E-state index is 0.158. The maximum Gasteiger partial charge on any atom is 0.242 e. The molecule has 0 aliphatic carbocycles. The van der Waals surface area contributed by atoms with Gasteiger partial charge in [-0.3, -0.25) is 0 Å². The molecule has 112 valence electrons. The van der Waals surface area contributed by atoms with Gasteiger partial charge in [-0.05, 0) is 40.2 Å². The zero-order chi connectivity index (χ0) is 15.5. The number of hydrogen-bond acceptors (Lipinski definition) is 3. The van der Waals surface area contributed by atoms with E-state index in [0.29, 0.717) is 14.7 Å². The lowest BCUT2D eigenvalue weighted by molar-refractivity contribution is 0.409. The molecule has 0 aliphatic rings. The predicted octanol–water partition coefficient (Wildman–Crippen LogP) is 3.70. The first kappa shape index (κ1) is 16.5. The van der Waals surface area contributed by atoms with Gasteiger partial charge in [0.1, 0.15) is 5.75 Å². The summed E-state index contributed by atoms with van der Waals surface area (Å²) in [4.78, 5) is 0.187. The van der Waals surface area contributed by atoms with Gasteiger partial charge in [0, 0.05) is 21.1 Å². The fourth-order valence-electron chi connectivity index (χ4n) is 1.78. The number of hydrogen-bond donors (Lipinski definition) is 1. The van der Waals surface area contributed by atoms with Gasteiger partial charge >= 0.3 is 0 Å². The van der Waals surface area contributed by atoms with Gasteiger partial charge in [0.05, 0.1) is 12.0 Å². The van der Waals surface area contributed by atoms with E-state index in [0.717, 1.165) is 5.56 Å². The van der Waals surface area contributed by atoms with Crippen molar-refractivity contribution in [1.29, 1.82) is 0 Å². The molecule has 0 saturated heterocycles. The summed E-state index contributed by atoms with van der Waals surface area (Å²) in [6.07, 6.45) is 0. The minimum atomic E-state index is -3.62. The maximum atomic E-state index is 12.4. The summed E-state index contributed by atoms with van der Waals surface area (Å²) in [6, 6.07) is 12.3. The van der Waals surface area contributed by atoms with Crippen LogP contribution >= 0.6 is 31.9 Å². The summed E-state index contributed by atoms with van der Waals surface area (Å²) in [5, 5.41) is 0. The van der Waals surface area contributed by atoms with Crippen molar-refractivity contribution in [2.24, 2.45) is 0 Å². The number of para-hydroxylation sites is 1. The predicted molar refractivity (Wildman–Crippen MR) is 88.9 cm³/mol. The van der Waals surface area contributed by atoms with Crippen LogP contribution in [0.15, 0.2) is 56.3 Å². The van der Waals surface area contributed by atoms with Gasteiger partial charge in [-0.15, -0.1) is 0 Å². The number of sulfonamides is 1. The van der Waals surface area contributed by atoms with Crippen molar-refractivity contribution in [3.63, 3.8) is 0 Å². The Bertz CT molecular complexity index is 748. The molecule has 1 N–H and O–H groups in total. The third-order valence-corrected chi connectivity index (χ3v) is 5.72. The highest BCUT2D eigenvalue weighted by molar-refractivity contribution is 9.11. The largest absolute Gasteiger partial charge is 0.496 e. The Hall–Kier alpha value is -0.890. The molecule has 0 saturated carbocycles. The van der Waals surface area contributed by atoms with E-state index in [-0.39, 0.29) is 11.4 Å². The Balaban J connectivity index is 2.24. The Kier molecular flexibility index (Phi) is 5.43. The van der Waals surface area contributed by atoms with Gasteiger partial charge < -0.3 is 4.74 Å². The van der Waals surface area contributed by atoms with Crippen molar-refractivity contribution in [3.05, 3.63) is 57.0 Å². The van der Waals surface area contributed by atoms with E-state index in [1.807, 2.05) is 18.2 Å². The first-order valence-corrected chi connectivity index (χ1v) is 9.07. The van der Waals surface area contributed by atoms with Crippen LogP contribution in [0.3, 0.4) is 0 Å². The standard InChI is InChI=1S/C14H13Br2NO3S/c1-20-13-5-3-2-4-10(13)9-17-21(18,19)14-8-11(15)6-7-12(14)16/h2-8,17H,9H2,1H3. The molecule has 0 bridgehead atoms. The molecule has 0 heterocycles. The zero-order valence-corrected chi connectivity index (χ0v) is 15.1. The van der Waals surface area contributed by atoms with E-state index < -0.39 is 10.0 Å². The van der Waals surface area contributed by atoms with Crippen LogP contribution in [0.25, 0.3) is 0 Å². The summed E-state index contributed by atoms with van der Waals surface area (Å²) >= 11 is 6.53. The average molecular weight is 435 g/mol. The lowest BCUT2D eigenvalue weighted by Crippen LogP contribution is -2.23. The number of ether oxygens (including phenoxy) is 1. The lowest BCUT2D eigenvalue weighted by Gasteiger charge is -2.11. The van der Waals surface area contributed by atoms with E-state index in [9.17, 15) is 8.42 Å². The number of halogens is 2. The van der Waals surface area contributed by atoms with E-state index in [1.54, 1.807) is 31.4 Å². The van der Waals surface area contributed by atoms with Gasteiger partial charge in [-0.2, -0.15) is 0 Å². The summed E-state index contributed by atoms with van der Waals surface area (Å²) in [5.41, 5.74) is 0.773. The smallest absolute Gasteiger partial charge is 0.242 e. The molecule has 0 aromatic heterocycles. The molecule has 21 heavy (non-hydrogen) atoms. The van der Waals surface area contributed by atoms with Crippen LogP contribution in [0, 0.1) is 0 Å². The van der Waals surface area contributed by atoms with E-state index in [1.165, 1.54) is 0 Å². The summed E-state index contributed by atoms with van der Waals surface area (Å²) in [7, 11) is -2.07. The van der Waals surface area contributed by atoms with Gasteiger partial charge in [-0.1, -0.05) is 34.1 Å². The third kappa shape index (κ3) is 4.06. The zero-order valence-electron chi connectivity index (χ0n) is 11.1. The number of benzene rings is 2. The Morgan fingerprint density at radius 2 is 1.86 bits per heavy atom. The molecule has 2 aromatic carbocycles. The van der Waals surface area contributed by atoms with Crippen molar-refractivity contribution >= 4 is 41.9 Å². The molecular weight excluding hydrogens is 422 g/mol. The molecule has 2 rings (SSSR count). The second-order valence-electron chi connectivity index (χ2n) is 4.21. The SMILES string of the molecule is COc1ccccc1CNS(=O)(=O)c1cc(Br)ccc1Br. The minimum Gasteiger partial charge on any atom is -0.496 e. The molecular formula is C14H13Br2NO3S. The highest BCUT2D eigenvalue weighted by Gasteiger charge is 2.18. The average Bonchev–Trinajstić information content (AvgIpc) is 2.48. The molecule has 0 aliphatic heterocycles. The number of methoxy groups -OCH3 is 1. The molecule has 7 heteroatoms. The fourth-order valence-corrected chi connectivity index (χ4v) is 4.29. The van der Waals surface area contributed by atoms with Gasteiger partial charge in [-0.25, -0.2) is 13.1 Å². The Morgan fingerprint density at radius 3 is 2.57 bits per heavy atom. The second kappa shape index (κ2) is 6.91. The van der Waals surface area contributed by atoms with Crippen molar-refractivity contribution in [2.45, 2.75) is 11.4 Å². The molecule has 4 nitrogen and oxygen atoms in total. The molecule has 0 atom stereocenters. The van der Waals surface area contributed by atoms with Gasteiger partial charge in [0.15, 0.2) is 0 Å². The van der Waals surface area contributed by atoms with Gasteiger partial charge in [0.2, 0.25) is 10.0 Å². The van der Waals surface area contributed by atoms with Crippen molar-refractivity contribution in [1.82, 2.24) is 4.72 Å².